The number of amides is 2. The first-order chi connectivity index (χ1) is 20.5. The number of carboxylic acid groups (broad SMARTS) is 1. The highest BCUT2D eigenvalue weighted by molar-refractivity contribution is 5.99. The molecule has 1 atom stereocenters. The monoisotopic (exact) mass is 567 g/mol. The molecule has 4 aliphatic rings. The summed E-state index contributed by atoms with van der Waals surface area (Å²) in [6.45, 7) is 2.75. The van der Waals surface area contributed by atoms with Gasteiger partial charge in [-0.05, 0) is 74.1 Å². The van der Waals surface area contributed by atoms with Crippen molar-refractivity contribution in [3.8, 4) is 11.3 Å². The number of fused-ring (bicyclic) bond motifs is 5. The van der Waals surface area contributed by atoms with Gasteiger partial charge in [0.2, 0.25) is 11.8 Å². The van der Waals surface area contributed by atoms with Gasteiger partial charge in [-0.3, -0.25) is 9.59 Å². The van der Waals surface area contributed by atoms with Crippen molar-refractivity contribution in [3.05, 3.63) is 59.2 Å². The molecule has 7 nitrogen and oxygen atoms in total. The zero-order chi connectivity index (χ0) is 28.8. The lowest BCUT2D eigenvalue weighted by molar-refractivity contribution is -0.140. The van der Waals surface area contributed by atoms with Crippen molar-refractivity contribution in [2.45, 2.75) is 89.1 Å². The molecule has 3 aliphatic heterocycles. The number of hydrogen-bond acceptors (Lipinski definition) is 3. The molecule has 220 valence electrons. The summed E-state index contributed by atoms with van der Waals surface area (Å²) in [5.41, 5.74) is 6.13. The Bertz CT molecular complexity index is 1530. The van der Waals surface area contributed by atoms with Gasteiger partial charge in [0.1, 0.15) is 0 Å². The van der Waals surface area contributed by atoms with Crippen LogP contribution in [0.15, 0.2) is 42.5 Å². The third-order valence-electron chi connectivity index (χ3n) is 10.4. The van der Waals surface area contributed by atoms with Crippen LogP contribution in [0.5, 0.6) is 0 Å². The zero-order valence-corrected chi connectivity index (χ0v) is 24.4. The molecule has 1 unspecified atom stereocenters. The van der Waals surface area contributed by atoms with Gasteiger partial charge >= 0.3 is 5.97 Å². The van der Waals surface area contributed by atoms with E-state index in [2.05, 4.69) is 33.7 Å². The van der Waals surface area contributed by atoms with Crippen molar-refractivity contribution in [2.24, 2.45) is 5.92 Å². The van der Waals surface area contributed by atoms with E-state index in [9.17, 15) is 19.5 Å². The Labute approximate surface area is 247 Å². The van der Waals surface area contributed by atoms with Crippen LogP contribution in [-0.2, 0) is 22.6 Å². The lowest BCUT2D eigenvalue weighted by Crippen LogP contribution is -2.51. The number of carboxylic acids is 1. The van der Waals surface area contributed by atoms with E-state index in [0.717, 1.165) is 56.0 Å². The normalized spacial score (nSPS) is 22.1. The van der Waals surface area contributed by atoms with E-state index < -0.39 is 5.97 Å². The van der Waals surface area contributed by atoms with Crippen LogP contribution < -0.4 is 0 Å². The second-order valence-corrected chi connectivity index (χ2v) is 12.9. The fourth-order valence-corrected chi connectivity index (χ4v) is 8.31. The molecule has 1 aliphatic carbocycles. The Morgan fingerprint density at radius 3 is 2.40 bits per heavy atom. The summed E-state index contributed by atoms with van der Waals surface area (Å²) in [5, 5.41) is 11.0. The van der Waals surface area contributed by atoms with E-state index in [0.29, 0.717) is 38.4 Å². The maximum atomic E-state index is 14.2. The number of likely N-dealkylation sites (tertiary alicyclic amines) is 2. The molecule has 1 N–H and O–H groups in total. The summed E-state index contributed by atoms with van der Waals surface area (Å²) in [7, 11) is 0. The smallest absolute Gasteiger partial charge is 0.335 e. The third-order valence-corrected chi connectivity index (χ3v) is 10.4. The number of piperidine rings is 2. The van der Waals surface area contributed by atoms with Crippen molar-refractivity contribution < 1.29 is 19.5 Å². The fourth-order valence-electron chi connectivity index (χ4n) is 8.31. The molecule has 2 saturated heterocycles. The Kier molecular flexibility index (Phi) is 7.28. The van der Waals surface area contributed by atoms with Crippen LogP contribution in [0.2, 0.25) is 0 Å². The second-order valence-electron chi connectivity index (χ2n) is 12.9. The number of carbonyl (C=O) groups is 3. The van der Waals surface area contributed by atoms with Gasteiger partial charge in [-0.2, -0.15) is 0 Å². The maximum Gasteiger partial charge on any atom is 0.335 e. The highest BCUT2D eigenvalue weighted by atomic mass is 16.4. The summed E-state index contributed by atoms with van der Waals surface area (Å²) in [6.07, 6.45) is 11.1. The van der Waals surface area contributed by atoms with Gasteiger partial charge in [0.05, 0.1) is 17.2 Å². The maximum absolute atomic E-state index is 14.2. The standard InChI is InChI=1S/C35H41N3O4/c39-31-12-6-7-17-37(31)27-15-18-36(19-16-27)34(40)26-20-24-10-4-5-11-28(24)33-32(23-8-2-1-3-9-23)29-14-13-25(35(41)42)21-30(29)38(33)22-26/h4-5,10-11,13-14,21,23,26-27H,1-3,6-9,12,15-20,22H2,(H,41,42). The summed E-state index contributed by atoms with van der Waals surface area (Å²) in [6, 6.07) is 14.3. The molecule has 1 saturated carbocycles. The molecule has 3 fully saturated rings. The van der Waals surface area contributed by atoms with Gasteiger partial charge in [-0.15, -0.1) is 0 Å². The summed E-state index contributed by atoms with van der Waals surface area (Å²) in [4.78, 5) is 42.9. The zero-order valence-electron chi connectivity index (χ0n) is 24.4. The Balaban J connectivity index is 1.25. The summed E-state index contributed by atoms with van der Waals surface area (Å²) >= 11 is 0. The molecule has 3 aromatic rings. The first-order valence-electron chi connectivity index (χ1n) is 16.1. The number of nitrogens with zero attached hydrogens (tertiary/aromatic N) is 3. The average molecular weight is 568 g/mol. The molecule has 42 heavy (non-hydrogen) atoms. The van der Waals surface area contributed by atoms with Crippen molar-refractivity contribution in [3.63, 3.8) is 0 Å². The van der Waals surface area contributed by atoms with Crippen LogP contribution in [-0.4, -0.2) is 62.9 Å². The second kappa shape index (κ2) is 11.2. The number of hydrogen-bond donors (Lipinski definition) is 1. The minimum atomic E-state index is -0.927. The minimum absolute atomic E-state index is 0.177. The molecule has 2 aromatic carbocycles. The molecule has 4 heterocycles. The lowest BCUT2D eigenvalue weighted by atomic mass is 9.81. The van der Waals surface area contributed by atoms with E-state index in [4.69, 9.17) is 0 Å². The molecule has 7 heteroatoms. The highest BCUT2D eigenvalue weighted by Gasteiger charge is 2.36. The Morgan fingerprint density at radius 2 is 1.64 bits per heavy atom. The number of rotatable bonds is 4. The molecular formula is C35H41N3O4. The molecule has 0 bridgehead atoms. The van der Waals surface area contributed by atoms with Gasteiger partial charge in [0.25, 0.3) is 0 Å². The SMILES string of the molecule is O=C(O)c1ccc2c(C3CCCCC3)c3n(c2c1)CC(C(=O)N1CCC(N2CCCCC2=O)CC1)Cc1ccccc1-3. The first-order valence-corrected chi connectivity index (χ1v) is 16.1. The van der Waals surface area contributed by atoms with Crippen LogP contribution >= 0.6 is 0 Å². The van der Waals surface area contributed by atoms with Crippen molar-refractivity contribution in [1.82, 2.24) is 14.4 Å². The van der Waals surface area contributed by atoms with Gasteiger partial charge < -0.3 is 19.5 Å². The quantitative estimate of drug-likeness (QED) is 0.405. The minimum Gasteiger partial charge on any atom is -0.478 e. The van der Waals surface area contributed by atoms with Crippen molar-refractivity contribution >= 4 is 28.7 Å². The summed E-state index contributed by atoms with van der Waals surface area (Å²) < 4.78 is 2.29. The average Bonchev–Trinajstić information content (AvgIpc) is 3.23. The van der Waals surface area contributed by atoms with Crippen LogP contribution in [0.25, 0.3) is 22.2 Å². The summed E-state index contributed by atoms with van der Waals surface area (Å²) in [5.74, 6) is -0.276. The van der Waals surface area contributed by atoms with Crippen LogP contribution in [0.4, 0.5) is 0 Å². The largest absolute Gasteiger partial charge is 0.478 e. The lowest BCUT2D eigenvalue weighted by Gasteiger charge is -2.41. The highest BCUT2D eigenvalue weighted by Crippen LogP contribution is 2.47. The Morgan fingerprint density at radius 1 is 0.857 bits per heavy atom. The fraction of sp³-hybridized carbons (Fsp3) is 0.514. The van der Waals surface area contributed by atoms with Gasteiger partial charge in [-0.25, -0.2) is 4.79 Å². The van der Waals surface area contributed by atoms with Crippen LogP contribution in [0, 0.1) is 5.92 Å². The molecule has 1 aromatic heterocycles. The molecule has 0 spiro atoms. The van der Waals surface area contributed by atoms with Crippen molar-refractivity contribution in [2.75, 3.05) is 19.6 Å². The van der Waals surface area contributed by atoms with E-state index in [1.54, 1.807) is 6.07 Å². The van der Waals surface area contributed by atoms with Crippen molar-refractivity contribution in [1.29, 1.82) is 0 Å². The van der Waals surface area contributed by atoms with Gasteiger partial charge in [0, 0.05) is 55.1 Å². The van der Waals surface area contributed by atoms with E-state index >= 15 is 0 Å². The molecular weight excluding hydrogens is 526 g/mol. The van der Waals surface area contributed by atoms with Crippen LogP contribution in [0.1, 0.15) is 91.6 Å². The van der Waals surface area contributed by atoms with E-state index in [1.807, 2.05) is 17.0 Å². The van der Waals surface area contributed by atoms with E-state index in [1.165, 1.54) is 41.6 Å². The first kappa shape index (κ1) is 27.2. The van der Waals surface area contributed by atoms with Crippen LogP contribution in [0.3, 0.4) is 0 Å². The van der Waals surface area contributed by atoms with Gasteiger partial charge in [0.15, 0.2) is 0 Å². The molecule has 0 radical (unpaired) electrons. The Hall–Kier alpha value is -3.61. The topological polar surface area (TPSA) is 82.8 Å². The van der Waals surface area contributed by atoms with E-state index in [-0.39, 0.29) is 29.3 Å². The molecule has 2 amide bonds. The predicted molar refractivity (Wildman–Crippen MR) is 163 cm³/mol. The number of benzene rings is 2. The number of carbonyl (C=O) groups excluding carboxylic acids is 2. The third kappa shape index (κ3) is 4.81. The molecule has 7 rings (SSSR count). The predicted octanol–water partition coefficient (Wildman–Crippen LogP) is 6.23. The van der Waals surface area contributed by atoms with Gasteiger partial charge in [-0.1, -0.05) is 49.6 Å². The number of aromatic nitrogens is 1. The number of aromatic carboxylic acids is 1.